The van der Waals surface area contributed by atoms with Crippen LogP contribution >= 0.6 is 0 Å². The molecule has 0 heterocycles. The van der Waals surface area contributed by atoms with Crippen LogP contribution in [-0.4, -0.2) is 18.1 Å². The number of carbonyl (C=O) groups is 1. The molecule has 0 spiro atoms. The summed E-state index contributed by atoms with van der Waals surface area (Å²) in [5.74, 6) is 0.0752. The maximum atomic E-state index is 12.7. The van der Waals surface area contributed by atoms with Gasteiger partial charge >= 0.3 is 6.61 Å². The number of amides is 1. The fourth-order valence-electron chi connectivity index (χ4n) is 3.83. The minimum absolute atomic E-state index is 0.0899. The molecule has 0 aromatic heterocycles. The minimum Gasteiger partial charge on any atom is -0.435 e. The molecule has 1 unspecified atom stereocenters. The Morgan fingerprint density at radius 3 is 2.71 bits per heavy atom. The predicted octanol–water partition coefficient (Wildman–Crippen LogP) is 3.44. The predicted molar refractivity (Wildman–Crippen MR) is 86.9 cm³/mol. The Kier molecular flexibility index (Phi) is 5.04. The molecule has 1 aromatic rings. The van der Waals surface area contributed by atoms with Crippen LogP contribution in [0.5, 0.6) is 5.75 Å². The zero-order valence-corrected chi connectivity index (χ0v) is 13.7. The third kappa shape index (κ3) is 3.69. The van der Waals surface area contributed by atoms with Crippen LogP contribution in [0.15, 0.2) is 18.2 Å². The lowest BCUT2D eigenvalue weighted by Crippen LogP contribution is -2.55. The van der Waals surface area contributed by atoms with E-state index < -0.39 is 12.2 Å². The van der Waals surface area contributed by atoms with Crippen LogP contribution in [-0.2, 0) is 11.2 Å². The lowest BCUT2D eigenvalue weighted by atomic mass is 9.81. The Morgan fingerprint density at radius 1 is 1.25 bits per heavy atom. The number of hydrogen-bond acceptors (Lipinski definition) is 3. The van der Waals surface area contributed by atoms with Crippen LogP contribution in [0.1, 0.15) is 62.1 Å². The number of nitrogens with one attached hydrogen (secondary N) is 1. The Morgan fingerprint density at radius 2 is 2.00 bits per heavy atom. The molecular weight excluding hydrogens is 314 g/mol. The molecule has 0 radical (unpaired) electrons. The number of halogens is 2. The minimum atomic E-state index is -2.83. The Labute approximate surface area is 140 Å². The number of rotatable bonds is 4. The highest BCUT2D eigenvalue weighted by molar-refractivity contribution is 5.86. The first kappa shape index (κ1) is 17.1. The standard InChI is InChI=1S/C18H24F2N2O2/c19-17(20)24-13-7-8-14-12(11-13)5-4-6-15(14)22-16(23)18(21)9-2-1-3-10-18/h7-8,11,15,17H,1-6,9-10,21H2,(H,22,23). The molecular formula is C18H24F2N2O2. The third-order valence-electron chi connectivity index (χ3n) is 5.16. The molecule has 1 aromatic carbocycles. The van der Waals surface area contributed by atoms with Crippen molar-refractivity contribution in [2.45, 2.75) is 69.6 Å². The molecule has 132 valence electrons. The number of aryl methyl sites for hydroxylation is 1. The Hall–Kier alpha value is -1.69. The van der Waals surface area contributed by atoms with Crippen molar-refractivity contribution in [3.8, 4) is 5.75 Å². The summed E-state index contributed by atoms with van der Waals surface area (Å²) >= 11 is 0. The molecule has 24 heavy (non-hydrogen) atoms. The first-order valence-electron chi connectivity index (χ1n) is 8.65. The summed E-state index contributed by atoms with van der Waals surface area (Å²) in [5, 5.41) is 3.09. The Balaban J connectivity index is 1.73. The van der Waals surface area contributed by atoms with Gasteiger partial charge in [-0.15, -0.1) is 0 Å². The fraction of sp³-hybridized carbons (Fsp3) is 0.611. The summed E-state index contributed by atoms with van der Waals surface area (Å²) in [6.45, 7) is -2.83. The second kappa shape index (κ2) is 7.05. The summed E-state index contributed by atoms with van der Waals surface area (Å²) in [7, 11) is 0. The van der Waals surface area contributed by atoms with E-state index >= 15 is 0 Å². The number of carbonyl (C=O) groups excluding carboxylic acids is 1. The van der Waals surface area contributed by atoms with Crippen molar-refractivity contribution in [2.24, 2.45) is 5.73 Å². The molecule has 3 N–H and O–H groups in total. The summed E-state index contributed by atoms with van der Waals surface area (Å²) < 4.78 is 29.2. The number of ether oxygens (including phenoxy) is 1. The first-order chi connectivity index (χ1) is 11.5. The molecule has 0 bridgehead atoms. The molecule has 4 nitrogen and oxygen atoms in total. The van der Waals surface area contributed by atoms with Crippen LogP contribution in [0.25, 0.3) is 0 Å². The van der Waals surface area contributed by atoms with Gasteiger partial charge in [0.1, 0.15) is 5.75 Å². The van der Waals surface area contributed by atoms with E-state index in [1.54, 1.807) is 12.1 Å². The molecule has 1 fully saturated rings. The van der Waals surface area contributed by atoms with Crippen molar-refractivity contribution in [3.63, 3.8) is 0 Å². The number of fused-ring (bicyclic) bond motifs is 1. The maximum absolute atomic E-state index is 12.7. The van der Waals surface area contributed by atoms with E-state index in [9.17, 15) is 13.6 Å². The van der Waals surface area contributed by atoms with Crippen LogP contribution in [0, 0.1) is 0 Å². The molecule has 6 heteroatoms. The summed E-state index contributed by atoms with van der Waals surface area (Å²) in [6.07, 6.45) is 7.08. The topological polar surface area (TPSA) is 64.4 Å². The number of benzene rings is 1. The van der Waals surface area contributed by atoms with E-state index in [2.05, 4.69) is 10.1 Å². The quantitative estimate of drug-likeness (QED) is 0.884. The largest absolute Gasteiger partial charge is 0.435 e. The molecule has 1 saturated carbocycles. The van der Waals surface area contributed by atoms with Crippen molar-refractivity contribution < 1.29 is 18.3 Å². The van der Waals surface area contributed by atoms with Crippen molar-refractivity contribution in [1.82, 2.24) is 5.32 Å². The van der Waals surface area contributed by atoms with Gasteiger partial charge in [-0.3, -0.25) is 4.79 Å². The Bertz CT molecular complexity index is 601. The average molecular weight is 338 g/mol. The van der Waals surface area contributed by atoms with Gasteiger partial charge in [-0.1, -0.05) is 25.3 Å². The van der Waals surface area contributed by atoms with Crippen molar-refractivity contribution in [2.75, 3.05) is 0 Å². The molecule has 0 saturated heterocycles. The molecule has 3 rings (SSSR count). The van der Waals surface area contributed by atoms with Gasteiger partial charge in [-0.25, -0.2) is 0 Å². The van der Waals surface area contributed by atoms with Crippen LogP contribution < -0.4 is 15.8 Å². The van der Waals surface area contributed by atoms with Crippen LogP contribution in [0.3, 0.4) is 0 Å². The van der Waals surface area contributed by atoms with Gasteiger partial charge < -0.3 is 15.8 Å². The highest BCUT2D eigenvalue weighted by Crippen LogP contribution is 2.34. The normalized spacial score (nSPS) is 22.8. The second-order valence-electron chi connectivity index (χ2n) is 6.87. The number of nitrogens with two attached hydrogens (primary N) is 1. The van der Waals surface area contributed by atoms with Crippen LogP contribution in [0.2, 0.25) is 0 Å². The molecule has 0 aliphatic heterocycles. The van der Waals surface area contributed by atoms with E-state index in [4.69, 9.17) is 5.73 Å². The highest BCUT2D eigenvalue weighted by atomic mass is 19.3. The van der Waals surface area contributed by atoms with Gasteiger partial charge in [-0.2, -0.15) is 8.78 Å². The van der Waals surface area contributed by atoms with Crippen molar-refractivity contribution >= 4 is 5.91 Å². The van der Waals surface area contributed by atoms with Gasteiger partial charge in [0.25, 0.3) is 0 Å². The number of hydrogen-bond donors (Lipinski definition) is 2. The van der Waals surface area contributed by atoms with E-state index in [0.29, 0.717) is 0 Å². The van der Waals surface area contributed by atoms with Gasteiger partial charge in [0.15, 0.2) is 0 Å². The van der Waals surface area contributed by atoms with E-state index in [1.807, 2.05) is 0 Å². The smallest absolute Gasteiger partial charge is 0.387 e. The fourth-order valence-corrected chi connectivity index (χ4v) is 3.83. The number of alkyl halides is 2. The molecule has 1 amide bonds. The molecule has 2 aliphatic rings. The van der Waals surface area contributed by atoms with Gasteiger partial charge in [0.2, 0.25) is 5.91 Å². The van der Waals surface area contributed by atoms with Crippen molar-refractivity contribution in [1.29, 1.82) is 0 Å². The van der Waals surface area contributed by atoms with Gasteiger partial charge in [0.05, 0.1) is 11.6 Å². The van der Waals surface area contributed by atoms with Crippen molar-refractivity contribution in [3.05, 3.63) is 29.3 Å². The van der Waals surface area contributed by atoms with Gasteiger partial charge in [-0.05, 0) is 55.4 Å². The lowest BCUT2D eigenvalue weighted by molar-refractivity contribution is -0.128. The first-order valence-corrected chi connectivity index (χ1v) is 8.65. The van der Waals surface area contributed by atoms with Crippen LogP contribution in [0.4, 0.5) is 8.78 Å². The molecule has 1 atom stereocenters. The zero-order valence-electron chi connectivity index (χ0n) is 13.7. The molecule has 2 aliphatic carbocycles. The third-order valence-corrected chi connectivity index (χ3v) is 5.16. The lowest BCUT2D eigenvalue weighted by Gasteiger charge is -2.35. The summed E-state index contributed by atoms with van der Waals surface area (Å²) in [4.78, 5) is 12.7. The van der Waals surface area contributed by atoms with Gasteiger partial charge in [0, 0.05) is 0 Å². The monoisotopic (exact) mass is 338 g/mol. The zero-order chi connectivity index (χ0) is 17.2. The SMILES string of the molecule is NC1(C(=O)NC2CCCc3cc(OC(F)F)ccc32)CCCCC1. The maximum Gasteiger partial charge on any atom is 0.387 e. The van der Waals surface area contributed by atoms with E-state index in [0.717, 1.165) is 62.5 Å². The highest BCUT2D eigenvalue weighted by Gasteiger charge is 2.37. The average Bonchev–Trinajstić information content (AvgIpc) is 2.55. The van der Waals surface area contributed by atoms with E-state index in [-0.39, 0.29) is 17.7 Å². The van der Waals surface area contributed by atoms with E-state index in [1.165, 1.54) is 6.07 Å². The summed E-state index contributed by atoms with van der Waals surface area (Å²) in [5.41, 5.74) is 7.47. The second-order valence-corrected chi connectivity index (χ2v) is 6.87. The summed E-state index contributed by atoms with van der Waals surface area (Å²) in [6, 6.07) is 4.86.